The first-order chi connectivity index (χ1) is 10.0. The first kappa shape index (κ1) is 17.0. The lowest BCUT2D eigenvalue weighted by Crippen LogP contribution is -2.49. The Balaban J connectivity index is 2.31. The molecule has 1 fully saturated rings. The number of likely N-dealkylation sites (N-methyl/N-ethyl adjacent to an activating group) is 1. The van der Waals surface area contributed by atoms with Crippen LogP contribution in [0.2, 0.25) is 0 Å². The summed E-state index contributed by atoms with van der Waals surface area (Å²) in [5.74, 6) is 0.202. The molecule has 1 aromatic rings. The minimum absolute atomic E-state index is 0.202. The van der Waals surface area contributed by atoms with Crippen molar-refractivity contribution in [1.82, 2.24) is 4.90 Å². The predicted molar refractivity (Wildman–Crippen MR) is 95.2 cm³/mol. The fourth-order valence-electron chi connectivity index (χ4n) is 3.15. The molecule has 0 bridgehead atoms. The second kappa shape index (κ2) is 7.75. The van der Waals surface area contributed by atoms with Crippen LogP contribution >= 0.6 is 31.9 Å². The molecule has 0 radical (unpaired) electrons. The zero-order valence-electron chi connectivity index (χ0n) is 12.6. The second-order valence-electron chi connectivity index (χ2n) is 5.71. The summed E-state index contributed by atoms with van der Waals surface area (Å²) in [7, 11) is 4.22. The molecule has 1 aliphatic rings. The third-order valence-corrected chi connectivity index (χ3v) is 5.05. The molecule has 3 nitrogen and oxygen atoms in total. The molecule has 0 N–H and O–H groups in total. The first-order valence-corrected chi connectivity index (χ1v) is 9.26. The summed E-state index contributed by atoms with van der Waals surface area (Å²) in [6.07, 6.45) is 3.95. The summed E-state index contributed by atoms with van der Waals surface area (Å²) in [4.78, 5) is 16.9. The van der Waals surface area contributed by atoms with Gasteiger partial charge in [0.1, 0.15) is 0 Å². The van der Waals surface area contributed by atoms with E-state index in [0.717, 1.165) is 23.0 Å². The monoisotopic (exact) mass is 416 g/mol. The van der Waals surface area contributed by atoms with Gasteiger partial charge in [0.05, 0.1) is 6.04 Å². The molecule has 0 spiro atoms. The number of rotatable bonds is 5. The Morgan fingerprint density at radius 2 is 1.81 bits per heavy atom. The van der Waals surface area contributed by atoms with Gasteiger partial charge in [-0.1, -0.05) is 31.9 Å². The molecular weight excluding hydrogens is 396 g/mol. The highest BCUT2D eigenvalue weighted by Crippen LogP contribution is 2.32. The van der Waals surface area contributed by atoms with Gasteiger partial charge in [-0.3, -0.25) is 4.79 Å². The number of nitrogens with zero attached hydrogens (tertiary/aromatic N) is 2. The number of hydrogen-bond acceptors (Lipinski definition) is 2. The molecule has 2 unspecified atom stereocenters. The SMILES string of the molecule is CN(C)C1CCCC1N(C(=O)CCBr)c1ccc(Br)cc1. The van der Waals surface area contributed by atoms with Crippen molar-refractivity contribution in [1.29, 1.82) is 0 Å². The zero-order valence-corrected chi connectivity index (χ0v) is 15.7. The molecule has 1 amide bonds. The first-order valence-electron chi connectivity index (χ1n) is 7.34. The average Bonchev–Trinajstić information content (AvgIpc) is 2.91. The van der Waals surface area contributed by atoms with Crippen molar-refractivity contribution in [3.63, 3.8) is 0 Å². The smallest absolute Gasteiger partial charge is 0.228 e. The zero-order chi connectivity index (χ0) is 15.4. The van der Waals surface area contributed by atoms with E-state index in [1.54, 1.807) is 0 Å². The van der Waals surface area contributed by atoms with Gasteiger partial charge in [-0.05, 0) is 57.6 Å². The maximum atomic E-state index is 12.6. The molecule has 0 aromatic heterocycles. The van der Waals surface area contributed by atoms with Crippen molar-refractivity contribution in [2.45, 2.75) is 37.8 Å². The van der Waals surface area contributed by atoms with Crippen LogP contribution in [0.25, 0.3) is 0 Å². The fourth-order valence-corrected chi connectivity index (χ4v) is 3.75. The molecular formula is C16H22Br2N2O. The Labute approximate surface area is 143 Å². The van der Waals surface area contributed by atoms with Gasteiger partial charge in [-0.25, -0.2) is 0 Å². The number of hydrogen-bond donors (Lipinski definition) is 0. The van der Waals surface area contributed by atoms with Gasteiger partial charge in [-0.15, -0.1) is 0 Å². The third-order valence-electron chi connectivity index (χ3n) is 4.12. The van der Waals surface area contributed by atoms with Crippen LogP contribution in [0.15, 0.2) is 28.7 Å². The predicted octanol–water partition coefficient (Wildman–Crippen LogP) is 4.05. The number of alkyl halides is 1. The van der Waals surface area contributed by atoms with Crippen molar-refractivity contribution in [2.75, 3.05) is 24.3 Å². The van der Waals surface area contributed by atoms with Gasteiger partial charge >= 0.3 is 0 Å². The lowest BCUT2D eigenvalue weighted by atomic mass is 10.1. The summed E-state index contributed by atoms with van der Waals surface area (Å²) in [5.41, 5.74) is 1.00. The third kappa shape index (κ3) is 4.08. The Bertz CT molecular complexity index is 476. The van der Waals surface area contributed by atoms with Crippen LogP contribution in [0.4, 0.5) is 5.69 Å². The highest BCUT2D eigenvalue weighted by atomic mass is 79.9. The lowest BCUT2D eigenvalue weighted by Gasteiger charge is -2.36. The van der Waals surface area contributed by atoms with Gasteiger partial charge in [0, 0.05) is 28.0 Å². The highest BCUT2D eigenvalue weighted by molar-refractivity contribution is 9.10. The normalized spacial score (nSPS) is 21.8. The average molecular weight is 418 g/mol. The Morgan fingerprint density at radius 1 is 1.19 bits per heavy atom. The standard InChI is InChI=1S/C16H22Br2N2O/c1-19(2)14-4-3-5-15(14)20(16(21)10-11-17)13-8-6-12(18)7-9-13/h6-9,14-15H,3-5,10-11H2,1-2H3. The van der Waals surface area contributed by atoms with Gasteiger partial charge in [0.15, 0.2) is 0 Å². The molecule has 0 aliphatic heterocycles. The Morgan fingerprint density at radius 3 is 2.38 bits per heavy atom. The number of anilines is 1. The Kier molecular flexibility index (Phi) is 6.26. The molecule has 2 rings (SSSR count). The molecule has 1 saturated carbocycles. The van der Waals surface area contributed by atoms with E-state index in [4.69, 9.17) is 0 Å². The summed E-state index contributed by atoms with van der Waals surface area (Å²) >= 11 is 6.85. The lowest BCUT2D eigenvalue weighted by molar-refractivity contribution is -0.118. The van der Waals surface area contributed by atoms with Crippen molar-refractivity contribution in [3.8, 4) is 0 Å². The summed E-state index contributed by atoms with van der Waals surface area (Å²) in [6, 6.07) is 8.77. The quantitative estimate of drug-likeness (QED) is 0.674. The molecule has 0 saturated heterocycles. The van der Waals surface area contributed by atoms with Gasteiger partial charge < -0.3 is 9.80 Å². The van der Waals surface area contributed by atoms with Crippen molar-refractivity contribution in [2.24, 2.45) is 0 Å². The van der Waals surface area contributed by atoms with Crippen LogP contribution in [0.5, 0.6) is 0 Å². The van der Waals surface area contributed by atoms with Crippen LogP contribution in [-0.4, -0.2) is 42.3 Å². The van der Waals surface area contributed by atoms with Crippen LogP contribution in [-0.2, 0) is 4.79 Å². The molecule has 21 heavy (non-hydrogen) atoms. The number of halogens is 2. The Hall–Kier alpha value is -0.390. The summed E-state index contributed by atoms with van der Waals surface area (Å²) in [6.45, 7) is 0. The van der Waals surface area contributed by atoms with Crippen LogP contribution in [0.3, 0.4) is 0 Å². The minimum atomic E-state index is 0.202. The largest absolute Gasteiger partial charge is 0.308 e. The molecule has 1 aromatic carbocycles. The van der Waals surface area contributed by atoms with Crippen LogP contribution < -0.4 is 4.90 Å². The fraction of sp³-hybridized carbons (Fsp3) is 0.562. The van der Waals surface area contributed by atoms with Crippen LogP contribution in [0.1, 0.15) is 25.7 Å². The maximum absolute atomic E-state index is 12.6. The molecule has 2 atom stereocenters. The van der Waals surface area contributed by atoms with Crippen molar-refractivity contribution in [3.05, 3.63) is 28.7 Å². The molecule has 1 aliphatic carbocycles. The maximum Gasteiger partial charge on any atom is 0.228 e. The van der Waals surface area contributed by atoms with E-state index in [0.29, 0.717) is 17.8 Å². The van der Waals surface area contributed by atoms with Gasteiger partial charge in [0.25, 0.3) is 0 Å². The van der Waals surface area contributed by atoms with E-state index >= 15 is 0 Å². The second-order valence-corrected chi connectivity index (χ2v) is 7.42. The minimum Gasteiger partial charge on any atom is -0.308 e. The van der Waals surface area contributed by atoms with E-state index in [2.05, 4.69) is 50.9 Å². The van der Waals surface area contributed by atoms with E-state index in [-0.39, 0.29) is 11.9 Å². The molecule has 116 valence electrons. The van der Waals surface area contributed by atoms with E-state index < -0.39 is 0 Å². The van der Waals surface area contributed by atoms with Crippen molar-refractivity contribution >= 4 is 43.5 Å². The topological polar surface area (TPSA) is 23.6 Å². The van der Waals surface area contributed by atoms with E-state index in [1.807, 2.05) is 29.2 Å². The summed E-state index contributed by atoms with van der Waals surface area (Å²) in [5, 5.41) is 0.707. The van der Waals surface area contributed by atoms with Crippen molar-refractivity contribution < 1.29 is 4.79 Å². The highest BCUT2D eigenvalue weighted by Gasteiger charge is 2.36. The number of benzene rings is 1. The van der Waals surface area contributed by atoms with E-state index in [1.165, 1.54) is 6.42 Å². The van der Waals surface area contributed by atoms with Crippen LogP contribution in [0, 0.1) is 0 Å². The van der Waals surface area contributed by atoms with Gasteiger partial charge in [-0.2, -0.15) is 0 Å². The summed E-state index contributed by atoms with van der Waals surface area (Å²) < 4.78 is 1.04. The number of carbonyl (C=O) groups is 1. The number of amides is 1. The number of carbonyl (C=O) groups excluding carboxylic acids is 1. The van der Waals surface area contributed by atoms with Gasteiger partial charge in [0.2, 0.25) is 5.91 Å². The molecule has 0 heterocycles. The van der Waals surface area contributed by atoms with E-state index in [9.17, 15) is 4.79 Å². The molecule has 5 heteroatoms.